The first-order chi connectivity index (χ1) is 7.75. The molecule has 1 N–H and O–H groups in total. The van der Waals surface area contributed by atoms with Crippen LogP contribution in [0.4, 0.5) is 17.6 Å². The van der Waals surface area contributed by atoms with Gasteiger partial charge in [0.05, 0.1) is 11.5 Å². The Morgan fingerprint density at radius 1 is 1.41 bits per heavy atom. The first-order valence-electron chi connectivity index (χ1n) is 4.84. The number of rotatable bonds is 2. The molecule has 1 aliphatic rings. The monoisotopic (exact) mass is 248 g/mol. The number of alkyl halides is 4. The van der Waals surface area contributed by atoms with E-state index in [2.05, 4.69) is 0 Å². The second kappa shape index (κ2) is 3.45. The van der Waals surface area contributed by atoms with Gasteiger partial charge in [-0.05, 0) is 17.7 Å². The van der Waals surface area contributed by atoms with Crippen LogP contribution in [0.15, 0.2) is 24.3 Å². The molecule has 0 spiro atoms. The van der Waals surface area contributed by atoms with Gasteiger partial charge in [-0.3, -0.25) is 4.79 Å². The van der Waals surface area contributed by atoms with Gasteiger partial charge in [0.15, 0.2) is 0 Å². The van der Waals surface area contributed by atoms with E-state index in [9.17, 15) is 22.4 Å². The lowest BCUT2D eigenvalue weighted by atomic mass is 10.0. The maximum Gasteiger partial charge on any atom is 0.416 e. The summed E-state index contributed by atoms with van der Waals surface area (Å²) in [5, 5.41) is 8.62. The molecule has 92 valence electrons. The number of benzene rings is 1. The summed E-state index contributed by atoms with van der Waals surface area (Å²) in [6.45, 7) is 0. The van der Waals surface area contributed by atoms with E-state index < -0.39 is 29.3 Å². The van der Waals surface area contributed by atoms with E-state index in [0.717, 1.165) is 12.1 Å². The highest BCUT2D eigenvalue weighted by Gasteiger charge is 2.61. The van der Waals surface area contributed by atoms with Gasteiger partial charge in [-0.15, -0.1) is 0 Å². The minimum Gasteiger partial charge on any atom is -0.481 e. The van der Waals surface area contributed by atoms with Crippen molar-refractivity contribution in [3.8, 4) is 0 Å². The van der Waals surface area contributed by atoms with Gasteiger partial charge in [-0.25, -0.2) is 4.39 Å². The van der Waals surface area contributed by atoms with Crippen LogP contribution in [0.5, 0.6) is 0 Å². The minimum absolute atomic E-state index is 0.222. The lowest BCUT2D eigenvalue weighted by Crippen LogP contribution is -2.12. The van der Waals surface area contributed by atoms with E-state index in [0.29, 0.717) is 6.07 Å². The lowest BCUT2D eigenvalue weighted by molar-refractivity contribution is -0.139. The van der Waals surface area contributed by atoms with E-state index in [1.54, 1.807) is 0 Å². The van der Waals surface area contributed by atoms with E-state index in [4.69, 9.17) is 5.11 Å². The van der Waals surface area contributed by atoms with Gasteiger partial charge < -0.3 is 5.11 Å². The summed E-state index contributed by atoms with van der Waals surface area (Å²) in [5.41, 5.74) is -3.35. The number of carbonyl (C=O) groups is 1. The molecule has 0 amide bonds. The minimum atomic E-state index is -4.56. The van der Waals surface area contributed by atoms with E-state index in [1.807, 2.05) is 0 Å². The average Bonchev–Trinajstić information content (AvgIpc) is 2.92. The SMILES string of the molecule is O=C(O)[C@H]1C[C@]1(F)c1cccc(C(F)(F)F)c1. The van der Waals surface area contributed by atoms with Crippen LogP contribution < -0.4 is 0 Å². The van der Waals surface area contributed by atoms with Crippen molar-refractivity contribution >= 4 is 5.97 Å². The zero-order chi connectivity index (χ0) is 12.8. The highest BCUT2D eigenvalue weighted by Crippen LogP contribution is 2.56. The average molecular weight is 248 g/mol. The summed E-state index contributed by atoms with van der Waals surface area (Å²) in [7, 11) is 0. The molecule has 0 unspecified atom stereocenters. The number of carboxylic acids is 1. The van der Waals surface area contributed by atoms with Crippen LogP contribution in [0.1, 0.15) is 17.5 Å². The zero-order valence-corrected chi connectivity index (χ0v) is 8.46. The molecule has 0 aromatic heterocycles. The quantitative estimate of drug-likeness (QED) is 0.817. The van der Waals surface area contributed by atoms with Crippen LogP contribution in [0.2, 0.25) is 0 Å². The Hall–Kier alpha value is -1.59. The van der Waals surface area contributed by atoms with Crippen molar-refractivity contribution in [2.75, 3.05) is 0 Å². The molecule has 17 heavy (non-hydrogen) atoms. The second-order valence-corrected chi connectivity index (χ2v) is 4.04. The molecule has 1 aromatic carbocycles. The van der Waals surface area contributed by atoms with Crippen molar-refractivity contribution in [1.29, 1.82) is 0 Å². The standard InChI is InChI=1S/C11H8F4O2/c12-10(5-8(10)9(16)17)6-2-1-3-7(4-6)11(13,14)15/h1-4,8H,5H2,(H,16,17)/t8-,10+/m1/s1. The van der Waals surface area contributed by atoms with Gasteiger partial charge in [-0.1, -0.05) is 12.1 Å². The molecule has 1 aromatic rings. The van der Waals surface area contributed by atoms with Crippen molar-refractivity contribution in [3.63, 3.8) is 0 Å². The molecular formula is C11H8F4O2. The third-order valence-corrected chi connectivity index (χ3v) is 2.86. The summed E-state index contributed by atoms with van der Waals surface area (Å²) in [6, 6.07) is 3.75. The third kappa shape index (κ3) is 1.99. The fraction of sp³-hybridized carbons (Fsp3) is 0.364. The molecule has 0 aliphatic heterocycles. The predicted octanol–water partition coefficient (Wildman–Crippen LogP) is 2.97. The van der Waals surface area contributed by atoms with Gasteiger partial charge in [0, 0.05) is 6.42 Å². The van der Waals surface area contributed by atoms with Gasteiger partial charge in [0.1, 0.15) is 5.67 Å². The number of aliphatic carboxylic acids is 1. The fourth-order valence-corrected chi connectivity index (χ4v) is 1.79. The van der Waals surface area contributed by atoms with Crippen molar-refractivity contribution in [2.24, 2.45) is 5.92 Å². The van der Waals surface area contributed by atoms with E-state index in [-0.39, 0.29) is 12.0 Å². The molecule has 1 aliphatic carbocycles. The van der Waals surface area contributed by atoms with Crippen molar-refractivity contribution in [2.45, 2.75) is 18.3 Å². The van der Waals surface area contributed by atoms with Crippen molar-refractivity contribution in [3.05, 3.63) is 35.4 Å². The molecule has 0 bridgehead atoms. The van der Waals surface area contributed by atoms with Crippen LogP contribution in [-0.4, -0.2) is 11.1 Å². The van der Waals surface area contributed by atoms with Crippen LogP contribution in [0.25, 0.3) is 0 Å². The molecule has 0 saturated heterocycles. The summed E-state index contributed by atoms with van der Waals surface area (Å²) < 4.78 is 51.1. The lowest BCUT2D eigenvalue weighted by Gasteiger charge is -2.11. The molecule has 0 heterocycles. The molecule has 2 nitrogen and oxygen atoms in total. The maximum atomic E-state index is 14.0. The Kier molecular flexibility index (Phi) is 2.41. The number of carboxylic acid groups (broad SMARTS) is 1. The largest absolute Gasteiger partial charge is 0.481 e. The molecule has 2 rings (SSSR count). The van der Waals surface area contributed by atoms with Gasteiger partial charge in [0.25, 0.3) is 0 Å². The molecule has 6 heteroatoms. The second-order valence-electron chi connectivity index (χ2n) is 4.04. The molecule has 1 fully saturated rings. The molecule has 1 saturated carbocycles. The number of hydrogen-bond donors (Lipinski definition) is 1. The van der Waals surface area contributed by atoms with Crippen molar-refractivity contribution in [1.82, 2.24) is 0 Å². The summed E-state index contributed by atoms with van der Waals surface area (Å²) in [5.74, 6) is -2.57. The number of halogens is 4. The van der Waals surface area contributed by atoms with Crippen LogP contribution >= 0.6 is 0 Å². The van der Waals surface area contributed by atoms with E-state index >= 15 is 0 Å². The molecular weight excluding hydrogens is 240 g/mol. The Morgan fingerprint density at radius 2 is 2.06 bits per heavy atom. The van der Waals surface area contributed by atoms with Crippen LogP contribution in [0.3, 0.4) is 0 Å². The smallest absolute Gasteiger partial charge is 0.416 e. The third-order valence-electron chi connectivity index (χ3n) is 2.86. The van der Waals surface area contributed by atoms with Crippen LogP contribution in [-0.2, 0) is 16.6 Å². The number of hydrogen-bond acceptors (Lipinski definition) is 1. The highest BCUT2D eigenvalue weighted by atomic mass is 19.4. The maximum absolute atomic E-state index is 14.0. The Labute approximate surface area is 93.9 Å². The van der Waals surface area contributed by atoms with Crippen molar-refractivity contribution < 1.29 is 27.5 Å². The summed E-state index contributed by atoms with van der Waals surface area (Å²) >= 11 is 0. The van der Waals surface area contributed by atoms with Gasteiger partial charge in [-0.2, -0.15) is 13.2 Å². The highest BCUT2D eigenvalue weighted by molar-refractivity contribution is 5.76. The Bertz CT molecular complexity index is 469. The van der Waals surface area contributed by atoms with Gasteiger partial charge in [0.2, 0.25) is 0 Å². The predicted molar refractivity (Wildman–Crippen MR) is 50.0 cm³/mol. The summed E-state index contributed by atoms with van der Waals surface area (Å²) in [6.07, 6.45) is -4.83. The Balaban J connectivity index is 2.33. The topological polar surface area (TPSA) is 37.3 Å². The molecule has 2 atom stereocenters. The normalized spacial score (nSPS) is 27.9. The zero-order valence-electron chi connectivity index (χ0n) is 8.46. The van der Waals surface area contributed by atoms with E-state index in [1.165, 1.54) is 6.07 Å². The first kappa shape index (κ1) is 11.9. The van der Waals surface area contributed by atoms with Crippen LogP contribution in [0, 0.1) is 5.92 Å². The molecule has 0 radical (unpaired) electrons. The summed E-state index contributed by atoms with van der Waals surface area (Å²) in [4.78, 5) is 10.6. The first-order valence-corrected chi connectivity index (χ1v) is 4.84. The Morgan fingerprint density at radius 3 is 2.53 bits per heavy atom. The van der Waals surface area contributed by atoms with Gasteiger partial charge >= 0.3 is 12.1 Å². The fourth-order valence-electron chi connectivity index (χ4n) is 1.79.